The van der Waals surface area contributed by atoms with E-state index in [2.05, 4.69) is 4.72 Å². The summed E-state index contributed by atoms with van der Waals surface area (Å²) in [6.45, 7) is 3.29. The van der Waals surface area contributed by atoms with Crippen molar-refractivity contribution in [2.24, 2.45) is 0 Å². The quantitative estimate of drug-likeness (QED) is 0.471. The number of Topliss-reactive ketones (excluding diaryl/α,β-unsaturated/α-hetero) is 1. The molecule has 8 heteroatoms. The van der Waals surface area contributed by atoms with Crippen LogP contribution in [0.4, 0.5) is 5.69 Å². The Balaban J connectivity index is 1.63. The number of carbonyl (C=O) groups excluding carboxylic acids is 1. The Hall–Kier alpha value is -2.97. The van der Waals surface area contributed by atoms with E-state index in [1.165, 1.54) is 12.1 Å². The molecular formula is C24H25NO5S2. The molecular weight excluding hydrogens is 446 g/mol. The van der Waals surface area contributed by atoms with Gasteiger partial charge in [0.15, 0.2) is 15.6 Å². The summed E-state index contributed by atoms with van der Waals surface area (Å²) in [4.78, 5) is 12.8. The van der Waals surface area contributed by atoms with Gasteiger partial charge in [0.1, 0.15) is 0 Å². The molecule has 0 aliphatic carbocycles. The van der Waals surface area contributed by atoms with E-state index in [4.69, 9.17) is 0 Å². The largest absolute Gasteiger partial charge is 0.294 e. The summed E-state index contributed by atoms with van der Waals surface area (Å²) in [5.41, 5.74) is 2.28. The Morgan fingerprint density at radius 3 is 1.91 bits per heavy atom. The molecule has 0 amide bonds. The summed E-state index contributed by atoms with van der Waals surface area (Å²) in [5.74, 6) is -0.166. The van der Waals surface area contributed by atoms with Gasteiger partial charge in [0.05, 0.1) is 15.9 Å². The Morgan fingerprint density at radius 1 is 0.781 bits per heavy atom. The molecule has 32 heavy (non-hydrogen) atoms. The molecule has 0 aliphatic rings. The van der Waals surface area contributed by atoms with Crippen molar-refractivity contribution in [1.29, 1.82) is 0 Å². The number of hydrogen-bond donors (Lipinski definition) is 1. The first-order valence-electron chi connectivity index (χ1n) is 10.1. The molecule has 0 atom stereocenters. The predicted octanol–water partition coefficient (Wildman–Crippen LogP) is 4.24. The van der Waals surface area contributed by atoms with Crippen LogP contribution in [0.2, 0.25) is 0 Å². The second-order valence-corrected chi connectivity index (χ2v) is 12.0. The van der Waals surface area contributed by atoms with Crippen LogP contribution in [0.5, 0.6) is 0 Å². The summed E-state index contributed by atoms with van der Waals surface area (Å²) < 4.78 is 51.4. The maximum absolute atomic E-state index is 12.6. The number of anilines is 1. The molecule has 3 aromatic carbocycles. The molecule has 3 aromatic rings. The highest BCUT2D eigenvalue weighted by atomic mass is 32.2. The van der Waals surface area contributed by atoms with Crippen LogP contribution in [0, 0.1) is 0 Å². The molecule has 0 bridgehead atoms. The third kappa shape index (κ3) is 6.05. The summed E-state index contributed by atoms with van der Waals surface area (Å²) in [6.07, 6.45) is 0.148. The summed E-state index contributed by atoms with van der Waals surface area (Å²) in [7, 11) is -6.88. The Kier molecular flexibility index (Phi) is 7.16. The van der Waals surface area contributed by atoms with Gasteiger partial charge < -0.3 is 0 Å². The van der Waals surface area contributed by atoms with Crippen LogP contribution in [0.1, 0.15) is 35.3 Å². The topological polar surface area (TPSA) is 97.4 Å². The smallest absolute Gasteiger partial charge is 0.261 e. The first kappa shape index (κ1) is 23.7. The zero-order chi connectivity index (χ0) is 23.4. The number of hydrogen-bond acceptors (Lipinski definition) is 5. The van der Waals surface area contributed by atoms with Crippen molar-refractivity contribution >= 4 is 31.3 Å². The molecule has 0 aromatic heterocycles. The number of sulfonamides is 1. The predicted molar refractivity (Wildman–Crippen MR) is 126 cm³/mol. The highest BCUT2D eigenvalue weighted by Gasteiger charge is 2.17. The number of carbonyl (C=O) groups is 1. The minimum atomic E-state index is -3.67. The van der Waals surface area contributed by atoms with Crippen LogP contribution in [-0.4, -0.2) is 27.9 Å². The van der Waals surface area contributed by atoms with Gasteiger partial charge >= 0.3 is 0 Å². The van der Waals surface area contributed by atoms with Crippen molar-refractivity contribution in [3.8, 4) is 0 Å². The lowest BCUT2D eigenvalue weighted by atomic mass is 10.0. The monoisotopic (exact) mass is 471 g/mol. The number of nitrogens with one attached hydrogen (secondary N) is 1. The normalized spacial score (nSPS) is 12.0. The summed E-state index contributed by atoms with van der Waals surface area (Å²) in [5, 5.41) is -0.455. The highest BCUT2D eigenvalue weighted by molar-refractivity contribution is 7.92. The molecule has 1 N–H and O–H groups in total. The van der Waals surface area contributed by atoms with Gasteiger partial charge in [-0.05, 0) is 49.2 Å². The van der Waals surface area contributed by atoms with Crippen LogP contribution < -0.4 is 4.72 Å². The fourth-order valence-corrected chi connectivity index (χ4v) is 5.05. The molecule has 0 saturated heterocycles. The second kappa shape index (κ2) is 9.67. The third-order valence-corrected chi connectivity index (χ3v) is 8.56. The molecule has 0 heterocycles. The van der Waals surface area contributed by atoms with Crippen molar-refractivity contribution in [2.45, 2.75) is 36.2 Å². The minimum Gasteiger partial charge on any atom is -0.294 e. The number of benzene rings is 3. The summed E-state index contributed by atoms with van der Waals surface area (Å²) >= 11 is 0. The zero-order valence-electron chi connectivity index (χ0n) is 17.9. The summed E-state index contributed by atoms with van der Waals surface area (Å²) in [6, 6.07) is 21.3. The lowest BCUT2D eigenvalue weighted by molar-refractivity contribution is 0.0993. The van der Waals surface area contributed by atoms with Gasteiger partial charge in [-0.3, -0.25) is 9.52 Å². The molecule has 0 fully saturated rings. The van der Waals surface area contributed by atoms with Gasteiger partial charge in [-0.25, -0.2) is 16.8 Å². The van der Waals surface area contributed by atoms with Crippen molar-refractivity contribution in [3.05, 3.63) is 95.6 Å². The van der Waals surface area contributed by atoms with E-state index < -0.39 is 25.1 Å². The number of rotatable bonds is 9. The average Bonchev–Trinajstić information content (AvgIpc) is 2.75. The van der Waals surface area contributed by atoms with Crippen molar-refractivity contribution < 1.29 is 21.6 Å². The molecule has 0 spiro atoms. The first-order valence-corrected chi connectivity index (χ1v) is 13.3. The lowest BCUT2D eigenvalue weighted by Crippen LogP contribution is -2.16. The fraction of sp³-hybridized carbons (Fsp3) is 0.208. The minimum absolute atomic E-state index is 0.0561. The van der Waals surface area contributed by atoms with Crippen LogP contribution >= 0.6 is 0 Å². The van der Waals surface area contributed by atoms with Crippen LogP contribution in [-0.2, 0) is 32.0 Å². The van der Waals surface area contributed by atoms with Gasteiger partial charge in [-0.15, -0.1) is 0 Å². The van der Waals surface area contributed by atoms with Gasteiger partial charge in [0.25, 0.3) is 10.0 Å². The highest BCUT2D eigenvalue weighted by Crippen LogP contribution is 2.18. The Morgan fingerprint density at radius 2 is 1.34 bits per heavy atom. The maximum atomic E-state index is 12.6. The average molecular weight is 472 g/mol. The van der Waals surface area contributed by atoms with E-state index in [9.17, 15) is 21.6 Å². The first-order chi connectivity index (χ1) is 15.1. The molecule has 0 radical (unpaired) electrons. The Bertz CT molecular complexity index is 1280. The molecule has 0 aliphatic heterocycles. The van der Waals surface area contributed by atoms with E-state index in [1.807, 2.05) is 0 Å². The standard InChI is InChI=1S/C24H25NO5S2/c1-18(2)31(27,28)17-20-8-12-21(13-9-20)24(26)16-19-10-14-22(15-11-19)25-32(29,30)23-6-4-3-5-7-23/h3-15,18,25H,16-17H2,1-2H3. The number of ketones is 1. The molecule has 168 valence electrons. The van der Waals surface area contributed by atoms with Gasteiger partial charge in [0, 0.05) is 17.7 Å². The van der Waals surface area contributed by atoms with Gasteiger partial charge in [-0.1, -0.05) is 54.6 Å². The van der Waals surface area contributed by atoms with E-state index in [-0.39, 0.29) is 22.9 Å². The third-order valence-electron chi connectivity index (χ3n) is 4.99. The zero-order valence-corrected chi connectivity index (χ0v) is 19.5. The molecule has 3 rings (SSSR count). The van der Waals surface area contributed by atoms with Crippen LogP contribution in [0.3, 0.4) is 0 Å². The number of sulfone groups is 1. The lowest BCUT2D eigenvalue weighted by Gasteiger charge is -2.09. The van der Waals surface area contributed by atoms with Crippen molar-refractivity contribution in [2.75, 3.05) is 4.72 Å². The van der Waals surface area contributed by atoms with Crippen LogP contribution in [0.25, 0.3) is 0 Å². The van der Waals surface area contributed by atoms with Crippen molar-refractivity contribution in [3.63, 3.8) is 0 Å². The van der Waals surface area contributed by atoms with Gasteiger partial charge in [0.2, 0.25) is 0 Å². The van der Waals surface area contributed by atoms with E-state index in [1.54, 1.807) is 80.6 Å². The molecule has 6 nitrogen and oxygen atoms in total. The molecule has 0 saturated carbocycles. The Labute approximate surface area is 189 Å². The second-order valence-electron chi connectivity index (χ2n) is 7.77. The van der Waals surface area contributed by atoms with Crippen molar-refractivity contribution in [1.82, 2.24) is 0 Å². The fourth-order valence-electron chi connectivity index (χ4n) is 2.98. The van der Waals surface area contributed by atoms with Gasteiger partial charge in [-0.2, -0.15) is 0 Å². The van der Waals surface area contributed by atoms with E-state index in [0.29, 0.717) is 16.8 Å². The SMILES string of the molecule is CC(C)S(=O)(=O)Cc1ccc(C(=O)Cc2ccc(NS(=O)(=O)c3ccccc3)cc2)cc1. The molecule has 0 unspecified atom stereocenters. The van der Waals surface area contributed by atoms with E-state index >= 15 is 0 Å². The maximum Gasteiger partial charge on any atom is 0.261 e. The van der Waals surface area contributed by atoms with Crippen LogP contribution in [0.15, 0.2) is 83.8 Å². The van der Waals surface area contributed by atoms with E-state index in [0.717, 1.165) is 5.56 Å².